The third-order valence-electron chi connectivity index (χ3n) is 3.44. The van der Waals surface area contributed by atoms with Gasteiger partial charge in [-0.15, -0.1) is 11.3 Å². The molecule has 1 amide bonds. The Morgan fingerprint density at radius 2 is 2.14 bits per heavy atom. The van der Waals surface area contributed by atoms with Gasteiger partial charge in [0.05, 0.1) is 5.01 Å². The first kappa shape index (κ1) is 16.9. The lowest BCUT2D eigenvalue weighted by atomic mass is 9.84. The summed E-state index contributed by atoms with van der Waals surface area (Å²) in [4.78, 5) is 16.5. The van der Waals surface area contributed by atoms with Crippen LogP contribution in [-0.4, -0.2) is 24.0 Å². The van der Waals surface area contributed by atoms with Crippen LogP contribution in [-0.2, 0) is 11.8 Å². The number of aromatic nitrogens is 1. The second-order valence-electron chi connectivity index (χ2n) is 5.71. The maximum atomic E-state index is 12.2. The van der Waals surface area contributed by atoms with E-state index in [4.69, 9.17) is 17.3 Å². The molecule has 2 rings (SSSR count). The summed E-state index contributed by atoms with van der Waals surface area (Å²) in [6.07, 6.45) is 0.697. The lowest BCUT2D eigenvalue weighted by Crippen LogP contribution is -2.37. The molecular weight excluding hydrogens is 318 g/mol. The first-order valence-corrected chi connectivity index (χ1v) is 8.37. The van der Waals surface area contributed by atoms with Gasteiger partial charge < -0.3 is 11.1 Å². The van der Waals surface area contributed by atoms with Crippen molar-refractivity contribution in [1.29, 1.82) is 0 Å². The predicted molar refractivity (Wildman–Crippen MR) is 91.7 cm³/mol. The number of nitrogens with one attached hydrogen (secondary N) is 1. The first-order chi connectivity index (χ1) is 10.4. The van der Waals surface area contributed by atoms with E-state index in [1.165, 1.54) is 11.3 Å². The summed E-state index contributed by atoms with van der Waals surface area (Å²) in [5, 5.41) is 6.30. The monoisotopic (exact) mass is 337 g/mol. The van der Waals surface area contributed by atoms with Crippen molar-refractivity contribution in [1.82, 2.24) is 10.3 Å². The Labute approximate surface area is 139 Å². The maximum absolute atomic E-state index is 12.2. The fourth-order valence-electron chi connectivity index (χ4n) is 2.15. The maximum Gasteiger partial charge on any atom is 0.270 e. The van der Waals surface area contributed by atoms with E-state index in [1.54, 1.807) is 5.38 Å². The van der Waals surface area contributed by atoms with Crippen LogP contribution in [0.5, 0.6) is 0 Å². The number of halogens is 1. The standard InChI is InChI=1S/C16H20ClN3OS/c1-16(2,11-5-3-4-6-12(11)17)10-19-15(21)13-9-22-14(20-13)7-8-18/h3-6,9H,7-8,10,18H2,1-2H3,(H,19,21). The van der Waals surface area contributed by atoms with Gasteiger partial charge in [0.1, 0.15) is 5.69 Å². The minimum atomic E-state index is -0.260. The molecule has 0 aliphatic rings. The SMILES string of the molecule is CC(C)(CNC(=O)c1csc(CCN)n1)c1ccccc1Cl. The topological polar surface area (TPSA) is 68.0 Å². The molecule has 22 heavy (non-hydrogen) atoms. The van der Waals surface area contributed by atoms with Gasteiger partial charge in [-0.2, -0.15) is 0 Å². The van der Waals surface area contributed by atoms with Crippen molar-refractivity contribution in [3.63, 3.8) is 0 Å². The number of thiazole rings is 1. The number of carbonyl (C=O) groups is 1. The van der Waals surface area contributed by atoms with Gasteiger partial charge in [0.15, 0.2) is 0 Å². The Hall–Kier alpha value is -1.43. The lowest BCUT2D eigenvalue weighted by Gasteiger charge is -2.26. The number of nitrogens with zero attached hydrogens (tertiary/aromatic N) is 1. The van der Waals surface area contributed by atoms with E-state index >= 15 is 0 Å². The summed E-state index contributed by atoms with van der Waals surface area (Å²) < 4.78 is 0. The molecule has 6 heteroatoms. The molecule has 0 bridgehead atoms. The molecule has 0 saturated heterocycles. The zero-order valence-electron chi connectivity index (χ0n) is 12.7. The average molecular weight is 338 g/mol. The summed E-state index contributed by atoms with van der Waals surface area (Å²) >= 11 is 7.71. The third-order valence-corrected chi connectivity index (χ3v) is 4.67. The molecule has 1 heterocycles. The van der Waals surface area contributed by atoms with Crippen molar-refractivity contribution in [3.8, 4) is 0 Å². The highest BCUT2D eigenvalue weighted by molar-refractivity contribution is 7.09. The molecule has 0 spiro atoms. The molecule has 4 nitrogen and oxygen atoms in total. The molecule has 3 N–H and O–H groups in total. The molecule has 1 aromatic carbocycles. The van der Waals surface area contributed by atoms with Gasteiger partial charge in [0.25, 0.3) is 5.91 Å². The van der Waals surface area contributed by atoms with E-state index in [9.17, 15) is 4.79 Å². The summed E-state index contributed by atoms with van der Waals surface area (Å²) in [5.74, 6) is -0.167. The number of benzene rings is 1. The Bertz CT molecular complexity index is 654. The van der Waals surface area contributed by atoms with Crippen molar-refractivity contribution in [3.05, 3.63) is 50.9 Å². The molecule has 0 fully saturated rings. The Kier molecular flexibility index (Phi) is 5.56. The molecule has 118 valence electrons. The Morgan fingerprint density at radius 1 is 1.41 bits per heavy atom. The summed E-state index contributed by atoms with van der Waals surface area (Å²) in [7, 11) is 0. The van der Waals surface area contributed by atoms with Gasteiger partial charge in [-0.1, -0.05) is 43.6 Å². The average Bonchev–Trinajstić information content (AvgIpc) is 2.94. The number of hydrogen-bond acceptors (Lipinski definition) is 4. The zero-order valence-corrected chi connectivity index (χ0v) is 14.3. The molecule has 0 atom stereocenters. The van der Waals surface area contributed by atoms with Gasteiger partial charge in [-0.05, 0) is 18.2 Å². The smallest absolute Gasteiger partial charge is 0.270 e. The second kappa shape index (κ2) is 7.22. The van der Waals surface area contributed by atoms with E-state index in [0.29, 0.717) is 30.2 Å². The molecule has 0 unspecified atom stereocenters. The summed E-state index contributed by atoms with van der Waals surface area (Å²) in [6, 6.07) is 7.69. The van der Waals surface area contributed by atoms with Crippen molar-refractivity contribution in [2.75, 3.05) is 13.1 Å². The molecule has 0 aliphatic carbocycles. The molecular formula is C16H20ClN3OS. The normalized spacial score (nSPS) is 11.5. The highest BCUT2D eigenvalue weighted by Gasteiger charge is 2.24. The first-order valence-electron chi connectivity index (χ1n) is 7.12. The van der Waals surface area contributed by atoms with Crippen molar-refractivity contribution in [2.24, 2.45) is 5.73 Å². The number of rotatable bonds is 6. The van der Waals surface area contributed by atoms with Crippen LogP contribution in [0.15, 0.2) is 29.6 Å². The van der Waals surface area contributed by atoms with Crippen molar-refractivity contribution in [2.45, 2.75) is 25.7 Å². The van der Waals surface area contributed by atoms with Crippen LogP contribution >= 0.6 is 22.9 Å². The van der Waals surface area contributed by atoms with Crippen LogP contribution in [0.1, 0.15) is 34.9 Å². The van der Waals surface area contributed by atoms with Crippen LogP contribution in [0, 0.1) is 0 Å². The van der Waals surface area contributed by atoms with Gasteiger partial charge in [0.2, 0.25) is 0 Å². The molecule has 0 saturated carbocycles. The van der Waals surface area contributed by atoms with Gasteiger partial charge in [-0.25, -0.2) is 4.98 Å². The minimum Gasteiger partial charge on any atom is -0.350 e. The molecule has 1 aromatic heterocycles. The van der Waals surface area contributed by atoms with Crippen LogP contribution in [0.25, 0.3) is 0 Å². The minimum absolute atomic E-state index is 0.167. The van der Waals surface area contributed by atoms with E-state index in [-0.39, 0.29) is 11.3 Å². The highest BCUT2D eigenvalue weighted by Crippen LogP contribution is 2.29. The predicted octanol–water partition coefficient (Wildman–Crippen LogP) is 3.01. The van der Waals surface area contributed by atoms with Gasteiger partial charge in [-0.3, -0.25) is 4.79 Å². The van der Waals surface area contributed by atoms with Gasteiger partial charge >= 0.3 is 0 Å². The van der Waals surface area contributed by atoms with Crippen LogP contribution < -0.4 is 11.1 Å². The Balaban J connectivity index is 2.01. The van der Waals surface area contributed by atoms with E-state index in [2.05, 4.69) is 24.1 Å². The quantitative estimate of drug-likeness (QED) is 0.851. The number of amides is 1. The second-order valence-corrected chi connectivity index (χ2v) is 7.06. The number of nitrogens with two attached hydrogens (primary N) is 1. The largest absolute Gasteiger partial charge is 0.350 e. The zero-order chi connectivity index (χ0) is 16.2. The van der Waals surface area contributed by atoms with E-state index in [0.717, 1.165) is 10.6 Å². The molecule has 0 radical (unpaired) electrons. The number of carbonyl (C=O) groups excluding carboxylic acids is 1. The third kappa shape index (κ3) is 4.06. The highest BCUT2D eigenvalue weighted by atomic mass is 35.5. The lowest BCUT2D eigenvalue weighted by molar-refractivity contribution is 0.0941. The Morgan fingerprint density at radius 3 is 2.82 bits per heavy atom. The molecule has 0 aliphatic heterocycles. The summed E-state index contributed by atoms with van der Waals surface area (Å²) in [6.45, 7) is 5.12. The van der Waals surface area contributed by atoms with Crippen molar-refractivity contribution >= 4 is 28.8 Å². The fraction of sp³-hybridized carbons (Fsp3) is 0.375. The van der Waals surface area contributed by atoms with E-state index < -0.39 is 0 Å². The summed E-state index contributed by atoms with van der Waals surface area (Å²) in [5.41, 5.74) is 6.69. The van der Waals surface area contributed by atoms with Gasteiger partial charge in [0, 0.05) is 28.8 Å². The fourth-order valence-corrected chi connectivity index (χ4v) is 3.34. The molecule has 2 aromatic rings. The van der Waals surface area contributed by atoms with Crippen LogP contribution in [0.2, 0.25) is 5.02 Å². The van der Waals surface area contributed by atoms with E-state index in [1.807, 2.05) is 24.3 Å². The van der Waals surface area contributed by atoms with Crippen LogP contribution in [0.4, 0.5) is 0 Å². The van der Waals surface area contributed by atoms with Crippen molar-refractivity contribution < 1.29 is 4.79 Å². The number of hydrogen-bond donors (Lipinski definition) is 2. The van der Waals surface area contributed by atoms with Crippen LogP contribution in [0.3, 0.4) is 0 Å².